The van der Waals surface area contributed by atoms with Crippen molar-refractivity contribution in [3.05, 3.63) is 40.3 Å². The van der Waals surface area contributed by atoms with E-state index < -0.39 is 5.97 Å². The fraction of sp³-hybridized carbons (Fsp3) is 0.308. The Morgan fingerprint density at radius 1 is 1.47 bits per heavy atom. The predicted octanol–water partition coefficient (Wildman–Crippen LogP) is 2.88. The van der Waals surface area contributed by atoms with Crippen molar-refractivity contribution in [1.29, 1.82) is 0 Å². The lowest BCUT2D eigenvalue weighted by Gasteiger charge is -2.06. The molecule has 0 spiro atoms. The van der Waals surface area contributed by atoms with Gasteiger partial charge in [-0.2, -0.15) is 5.10 Å². The van der Waals surface area contributed by atoms with E-state index in [0.717, 1.165) is 18.5 Å². The normalized spacial score (nSPS) is 10.7. The molecule has 100 valence electrons. The average molecular weight is 280 g/mol. The molecule has 2 aromatic heterocycles. The molecule has 19 heavy (non-hydrogen) atoms. The Balaban J connectivity index is 2.52. The molecule has 2 heterocycles. The smallest absolute Gasteiger partial charge is 0.335 e. The highest BCUT2D eigenvalue weighted by atomic mass is 35.5. The summed E-state index contributed by atoms with van der Waals surface area (Å²) in [5, 5.41) is 13.9. The number of aromatic carboxylic acids is 1. The minimum Gasteiger partial charge on any atom is -0.478 e. The van der Waals surface area contributed by atoms with E-state index in [1.165, 1.54) is 10.7 Å². The van der Waals surface area contributed by atoms with Gasteiger partial charge < -0.3 is 5.11 Å². The molecule has 0 unspecified atom stereocenters. The molecular weight excluding hydrogens is 266 g/mol. The molecule has 0 aliphatic heterocycles. The third-order valence-corrected chi connectivity index (χ3v) is 3.06. The SMILES string of the molecule is CCCc1cc(C(=O)O)cc(-n2cc(Cl)c(C)n2)n1. The lowest BCUT2D eigenvalue weighted by Crippen LogP contribution is -2.06. The van der Waals surface area contributed by atoms with Crippen molar-refractivity contribution in [2.75, 3.05) is 0 Å². The van der Waals surface area contributed by atoms with Gasteiger partial charge in [-0.05, 0) is 25.5 Å². The van der Waals surface area contributed by atoms with Gasteiger partial charge in [0.25, 0.3) is 0 Å². The summed E-state index contributed by atoms with van der Waals surface area (Å²) in [7, 11) is 0. The van der Waals surface area contributed by atoms with Crippen molar-refractivity contribution in [2.24, 2.45) is 0 Å². The summed E-state index contributed by atoms with van der Waals surface area (Å²) in [6, 6.07) is 3.08. The third-order valence-electron chi connectivity index (χ3n) is 2.69. The first-order valence-electron chi connectivity index (χ1n) is 5.97. The maximum atomic E-state index is 11.1. The summed E-state index contributed by atoms with van der Waals surface area (Å²) in [5.41, 5.74) is 1.63. The molecule has 0 saturated carbocycles. The number of rotatable bonds is 4. The third kappa shape index (κ3) is 2.93. The zero-order valence-electron chi connectivity index (χ0n) is 10.7. The van der Waals surface area contributed by atoms with Gasteiger partial charge in [-0.3, -0.25) is 0 Å². The van der Waals surface area contributed by atoms with Crippen LogP contribution in [-0.4, -0.2) is 25.8 Å². The van der Waals surface area contributed by atoms with E-state index >= 15 is 0 Å². The van der Waals surface area contributed by atoms with E-state index in [2.05, 4.69) is 10.1 Å². The van der Waals surface area contributed by atoms with Crippen LogP contribution in [0.5, 0.6) is 0 Å². The molecule has 0 saturated heterocycles. The Kier molecular flexibility index (Phi) is 3.85. The summed E-state index contributed by atoms with van der Waals surface area (Å²) in [4.78, 5) is 15.5. The van der Waals surface area contributed by atoms with Crippen molar-refractivity contribution in [1.82, 2.24) is 14.8 Å². The first kappa shape index (κ1) is 13.5. The molecule has 0 aliphatic rings. The van der Waals surface area contributed by atoms with Gasteiger partial charge in [0.15, 0.2) is 5.82 Å². The van der Waals surface area contributed by atoms with E-state index in [0.29, 0.717) is 16.5 Å². The highest BCUT2D eigenvalue weighted by Gasteiger charge is 2.11. The molecule has 0 radical (unpaired) electrons. The van der Waals surface area contributed by atoms with Crippen LogP contribution in [0.4, 0.5) is 0 Å². The van der Waals surface area contributed by atoms with E-state index in [1.54, 1.807) is 19.2 Å². The molecule has 0 atom stereocenters. The summed E-state index contributed by atoms with van der Waals surface area (Å²) in [6.07, 6.45) is 3.25. The minimum absolute atomic E-state index is 0.206. The number of pyridine rings is 1. The van der Waals surface area contributed by atoms with Crippen LogP contribution in [0.2, 0.25) is 5.02 Å². The first-order valence-corrected chi connectivity index (χ1v) is 6.35. The molecule has 0 amide bonds. The van der Waals surface area contributed by atoms with Crippen molar-refractivity contribution in [2.45, 2.75) is 26.7 Å². The van der Waals surface area contributed by atoms with Crippen LogP contribution in [0.1, 0.15) is 35.1 Å². The fourth-order valence-electron chi connectivity index (χ4n) is 1.75. The zero-order valence-corrected chi connectivity index (χ0v) is 11.5. The highest BCUT2D eigenvalue weighted by molar-refractivity contribution is 6.31. The monoisotopic (exact) mass is 279 g/mol. The van der Waals surface area contributed by atoms with Crippen molar-refractivity contribution in [3.8, 4) is 5.82 Å². The average Bonchev–Trinajstić information content (AvgIpc) is 2.70. The zero-order chi connectivity index (χ0) is 14.0. The second-order valence-electron chi connectivity index (χ2n) is 4.27. The standard InChI is InChI=1S/C13H14ClN3O2/c1-3-4-10-5-9(13(18)19)6-12(15-10)17-7-11(14)8(2)16-17/h5-7H,3-4H2,1-2H3,(H,18,19). The van der Waals surface area contributed by atoms with Gasteiger partial charge >= 0.3 is 5.97 Å². The van der Waals surface area contributed by atoms with Crippen LogP contribution in [0.15, 0.2) is 18.3 Å². The van der Waals surface area contributed by atoms with Crippen molar-refractivity contribution in [3.63, 3.8) is 0 Å². The number of carbonyl (C=O) groups is 1. The quantitative estimate of drug-likeness (QED) is 0.934. The molecule has 0 aromatic carbocycles. The van der Waals surface area contributed by atoms with Crippen molar-refractivity contribution >= 4 is 17.6 Å². The summed E-state index contributed by atoms with van der Waals surface area (Å²) in [5.74, 6) is -0.505. The Hall–Kier alpha value is -1.88. The first-order chi connectivity index (χ1) is 9.01. The van der Waals surface area contributed by atoms with Crippen LogP contribution in [0, 0.1) is 6.92 Å². The van der Waals surface area contributed by atoms with Gasteiger partial charge in [-0.25, -0.2) is 14.5 Å². The van der Waals surface area contributed by atoms with Crippen LogP contribution >= 0.6 is 11.6 Å². The largest absolute Gasteiger partial charge is 0.478 e. The van der Waals surface area contributed by atoms with Crippen LogP contribution in [-0.2, 0) is 6.42 Å². The summed E-state index contributed by atoms with van der Waals surface area (Å²) < 4.78 is 1.50. The van der Waals surface area contributed by atoms with Crippen LogP contribution in [0.3, 0.4) is 0 Å². The van der Waals surface area contributed by atoms with Gasteiger partial charge in [-0.15, -0.1) is 0 Å². The van der Waals surface area contributed by atoms with Crippen LogP contribution < -0.4 is 0 Å². The maximum Gasteiger partial charge on any atom is 0.335 e. The number of aryl methyl sites for hydroxylation is 2. The molecule has 2 aromatic rings. The van der Waals surface area contributed by atoms with E-state index in [9.17, 15) is 4.79 Å². The highest BCUT2D eigenvalue weighted by Crippen LogP contribution is 2.17. The van der Waals surface area contributed by atoms with E-state index in [-0.39, 0.29) is 5.56 Å². The van der Waals surface area contributed by atoms with Crippen molar-refractivity contribution < 1.29 is 9.90 Å². The summed E-state index contributed by atoms with van der Waals surface area (Å²) in [6.45, 7) is 3.80. The number of aromatic nitrogens is 3. The Labute approximate surface area is 115 Å². The van der Waals surface area contributed by atoms with Gasteiger partial charge in [0.1, 0.15) is 0 Å². The molecule has 0 bridgehead atoms. The molecule has 5 nitrogen and oxygen atoms in total. The van der Waals surface area contributed by atoms with Gasteiger partial charge in [0, 0.05) is 5.69 Å². The number of carboxylic acid groups (broad SMARTS) is 1. The van der Waals surface area contributed by atoms with E-state index in [4.69, 9.17) is 16.7 Å². The Bertz CT molecular complexity index is 603. The fourth-order valence-corrected chi connectivity index (χ4v) is 1.88. The molecule has 2 rings (SSSR count). The van der Waals surface area contributed by atoms with Gasteiger partial charge in [-0.1, -0.05) is 24.9 Å². The molecule has 0 fully saturated rings. The predicted molar refractivity (Wildman–Crippen MR) is 72.1 cm³/mol. The Morgan fingerprint density at radius 3 is 2.74 bits per heavy atom. The number of halogens is 1. The lowest BCUT2D eigenvalue weighted by atomic mass is 10.1. The minimum atomic E-state index is -0.976. The number of hydrogen-bond acceptors (Lipinski definition) is 3. The maximum absolute atomic E-state index is 11.1. The molecule has 6 heteroatoms. The van der Waals surface area contributed by atoms with Crippen LogP contribution in [0.25, 0.3) is 5.82 Å². The summed E-state index contributed by atoms with van der Waals surface area (Å²) >= 11 is 5.96. The second-order valence-corrected chi connectivity index (χ2v) is 4.67. The second kappa shape index (κ2) is 5.40. The molecule has 1 N–H and O–H groups in total. The lowest BCUT2D eigenvalue weighted by molar-refractivity contribution is 0.0696. The number of carboxylic acids is 1. The van der Waals surface area contributed by atoms with Gasteiger partial charge in [0.2, 0.25) is 0 Å². The van der Waals surface area contributed by atoms with E-state index in [1.807, 2.05) is 6.92 Å². The Morgan fingerprint density at radius 2 is 2.21 bits per heavy atom. The molecule has 0 aliphatic carbocycles. The molecular formula is C13H14ClN3O2. The van der Waals surface area contributed by atoms with Gasteiger partial charge in [0.05, 0.1) is 22.5 Å². The topological polar surface area (TPSA) is 68.0 Å². The number of hydrogen-bond donors (Lipinski definition) is 1. The number of nitrogens with zero attached hydrogens (tertiary/aromatic N) is 3.